The maximum atomic E-state index is 13.4. The fourth-order valence-corrected chi connectivity index (χ4v) is 5.36. The molecule has 184 valence electrons. The van der Waals surface area contributed by atoms with Crippen molar-refractivity contribution in [1.82, 2.24) is 19.9 Å². The molecule has 0 N–H and O–H groups in total. The third-order valence-electron chi connectivity index (χ3n) is 6.24. The zero-order valence-electron chi connectivity index (χ0n) is 19.5. The minimum atomic E-state index is -0.479. The first kappa shape index (κ1) is 23.9. The van der Waals surface area contributed by atoms with E-state index in [-0.39, 0.29) is 36.4 Å². The highest BCUT2D eigenvalue weighted by Crippen LogP contribution is 2.30. The van der Waals surface area contributed by atoms with Crippen molar-refractivity contribution in [3.8, 4) is 11.5 Å². The highest BCUT2D eigenvalue weighted by atomic mass is 32.1. The molecule has 2 atom stereocenters. The lowest BCUT2D eigenvalue weighted by Crippen LogP contribution is -2.43. The fraction of sp³-hybridized carbons (Fsp3) is 0.259. The number of aromatic nitrogens is 3. The molecule has 1 saturated heterocycles. The summed E-state index contributed by atoms with van der Waals surface area (Å²) in [7, 11) is 0. The lowest BCUT2D eigenvalue weighted by atomic mass is 9.96. The van der Waals surface area contributed by atoms with Gasteiger partial charge in [0.05, 0.1) is 18.4 Å². The number of carbonyl (C=O) groups is 2. The van der Waals surface area contributed by atoms with E-state index in [9.17, 15) is 14.0 Å². The molecule has 1 aliphatic rings. The quantitative estimate of drug-likeness (QED) is 0.334. The summed E-state index contributed by atoms with van der Waals surface area (Å²) < 4.78 is 18.8. The fourth-order valence-electron chi connectivity index (χ4n) is 4.53. The zero-order chi connectivity index (χ0) is 24.9. The van der Waals surface area contributed by atoms with Crippen LogP contribution in [0, 0.1) is 11.7 Å². The minimum absolute atomic E-state index is 0.0117. The lowest BCUT2D eigenvalue weighted by molar-refractivity contribution is -0.138. The SMILES string of the molecule is O=C(Cc1ccc(Oc2ccc(F)cc2)cc1)[C@@H]1C[C@@H](Cc2cccs2)CN1C(=O)Cn1nccn1. The van der Waals surface area contributed by atoms with E-state index < -0.39 is 6.04 Å². The number of carbonyl (C=O) groups excluding carboxylic acids is 2. The van der Waals surface area contributed by atoms with Gasteiger partial charge < -0.3 is 9.64 Å². The second-order valence-electron chi connectivity index (χ2n) is 8.85. The number of halogens is 1. The molecule has 1 fully saturated rings. The van der Waals surface area contributed by atoms with Crippen LogP contribution in [0.15, 0.2) is 78.4 Å². The van der Waals surface area contributed by atoms with Gasteiger partial charge >= 0.3 is 0 Å². The van der Waals surface area contributed by atoms with Crippen molar-refractivity contribution in [2.75, 3.05) is 6.54 Å². The molecule has 9 heteroatoms. The molecular formula is C27H25FN4O3S. The normalized spacial score (nSPS) is 17.3. The van der Waals surface area contributed by atoms with Gasteiger partial charge in [-0.2, -0.15) is 15.0 Å². The van der Waals surface area contributed by atoms with Gasteiger partial charge in [-0.05, 0) is 72.2 Å². The molecule has 4 aromatic rings. The lowest BCUT2D eigenvalue weighted by Gasteiger charge is -2.23. The number of Topliss-reactive ketones (excluding diaryl/α,β-unsaturated/α-hetero) is 1. The highest BCUT2D eigenvalue weighted by molar-refractivity contribution is 7.09. The molecule has 2 aromatic heterocycles. The summed E-state index contributed by atoms with van der Waals surface area (Å²) in [6.07, 6.45) is 4.77. The Hall–Kier alpha value is -3.85. The molecule has 0 aliphatic carbocycles. The monoisotopic (exact) mass is 504 g/mol. The van der Waals surface area contributed by atoms with Gasteiger partial charge in [-0.1, -0.05) is 18.2 Å². The second kappa shape index (κ2) is 10.8. The molecule has 3 heterocycles. The van der Waals surface area contributed by atoms with Crippen LogP contribution in [0.2, 0.25) is 0 Å². The molecule has 0 spiro atoms. The first-order chi connectivity index (χ1) is 17.5. The summed E-state index contributed by atoms with van der Waals surface area (Å²) in [6, 6.07) is 16.7. The third kappa shape index (κ3) is 5.85. The van der Waals surface area contributed by atoms with E-state index in [2.05, 4.69) is 16.3 Å². The van der Waals surface area contributed by atoms with Crippen LogP contribution >= 0.6 is 11.3 Å². The summed E-state index contributed by atoms with van der Waals surface area (Å²) in [6.45, 7) is 0.552. The van der Waals surface area contributed by atoms with Crippen LogP contribution in [-0.2, 0) is 29.0 Å². The summed E-state index contributed by atoms with van der Waals surface area (Å²) in [5.74, 6) is 0.883. The highest BCUT2D eigenvalue weighted by Gasteiger charge is 2.39. The van der Waals surface area contributed by atoms with Gasteiger partial charge in [0.2, 0.25) is 5.91 Å². The molecule has 36 heavy (non-hydrogen) atoms. The van der Waals surface area contributed by atoms with Crippen molar-refractivity contribution in [3.05, 3.63) is 94.7 Å². The Bertz CT molecular complexity index is 1290. The number of hydrogen-bond acceptors (Lipinski definition) is 6. The average Bonchev–Trinajstić information content (AvgIpc) is 3.65. The molecule has 2 aromatic carbocycles. The van der Waals surface area contributed by atoms with Gasteiger partial charge in [0.1, 0.15) is 23.9 Å². The molecule has 0 saturated carbocycles. The average molecular weight is 505 g/mol. The minimum Gasteiger partial charge on any atom is -0.457 e. The van der Waals surface area contributed by atoms with Crippen molar-refractivity contribution in [2.24, 2.45) is 5.92 Å². The smallest absolute Gasteiger partial charge is 0.246 e. The van der Waals surface area contributed by atoms with Gasteiger partial charge in [-0.3, -0.25) is 9.59 Å². The van der Waals surface area contributed by atoms with Crippen molar-refractivity contribution in [1.29, 1.82) is 0 Å². The maximum absolute atomic E-state index is 13.4. The Morgan fingerprint density at radius 3 is 2.36 bits per heavy atom. The number of benzene rings is 2. The number of ether oxygens (including phenoxy) is 1. The number of thiophene rings is 1. The molecule has 1 amide bonds. The van der Waals surface area contributed by atoms with E-state index in [4.69, 9.17) is 4.74 Å². The topological polar surface area (TPSA) is 77.3 Å². The van der Waals surface area contributed by atoms with Gasteiger partial charge in [-0.25, -0.2) is 4.39 Å². The van der Waals surface area contributed by atoms with Crippen LogP contribution in [0.3, 0.4) is 0 Å². The first-order valence-corrected chi connectivity index (χ1v) is 12.6. The van der Waals surface area contributed by atoms with Crippen LogP contribution in [-0.4, -0.2) is 44.2 Å². The van der Waals surface area contributed by atoms with Crippen LogP contribution < -0.4 is 4.74 Å². The zero-order valence-corrected chi connectivity index (χ0v) is 20.3. The summed E-state index contributed by atoms with van der Waals surface area (Å²) in [4.78, 5) is 30.8. The summed E-state index contributed by atoms with van der Waals surface area (Å²) in [5.41, 5.74) is 0.842. The molecular weight excluding hydrogens is 479 g/mol. The number of nitrogens with zero attached hydrogens (tertiary/aromatic N) is 4. The van der Waals surface area contributed by atoms with Gasteiger partial charge in [0.25, 0.3) is 0 Å². The van der Waals surface area contributed by atoms with Crippen LogP contribution in [0.1, 0.15) is 16.9 Å². The van der Waals surface area contributed by atoms with E-state index in [1.54, 1.807) is 40.5 Å². The number of likely N-dealkylation sites (tertiary alicyclic amines) is 1. The van der Waals surface area contributed by atoms with Crippen molar-refractivity contribution in [3.63, 3.8) is 0 Å². The number of ketones is 1. The second-order valence-corrected chi connectivity index (χ2v) is 9.88. The third-order valence-corrected chi connectivity index (χ3v) is 7.14. The summed E-state index contributed by atoms with van der Waals surface area (Å²) >= 11 is 1.70. The molecule has 1 aliphatic heterocycles. The predicted molar refractivity (Wildman–Crippen MR) is 133 cm³/mol. The van der Waals surface area contributed by atoms with Gasteiger partial charge in [0.15, 0.2) is 5.78 Å². The number of rotatable bonds is 9. The van der Waals surface area contributed by atoms with Crippen molar-refractivity contribution < 1.29 is 18.7 Å². The van der Waals surface area contributed by atoms with Crippen LogP contribution in [0.25, 0.3) is 0 Å². The summed E-state index contributed by atoms with van der Waals surface area (Å²) in [5, 5.41) is 10.1. The maximum Gasteiger partial charge on any atom is 0.246 e. The van der Waals surface area contributed by atoms with Crippen LogP contribution in [0.4, 0.5) is 4.39 Å². The first-order valence-electron chi connectivity index (χ1n) is 11.7. The van der Waals surface area contributed by atoms with E-state index in [0.29, 0.717) is 24.5 Å². The predicted octanol–water partition coefficient (Wildman–Crippen LogP) is 4.54. The number of hydrogen-bond donors (Lipinski definition) is 0. The van der Waals surface area contributed by atoms with E-state index in [0.717, 1.165) is 12.0 Å². The molecule has 0 radical (unpaired) electrons. The Morgan fingerprint density at radius 2 is 1.69 bits per heavy atom. The largest absolute Gasteiger partial charge is 0.457 e. The van der Waals surface area contributed by atoms with Crippen molar-refractivity contribution >= 4 is 23.0 Å². The Balaban J connectivity index is 1.25. The Labute approximate surface area is 212 Å². The molecule has 5 rings (SSSR count). The van der Waals surface area contributed by atoms with Crippen molar-refractivity contribution in [2.45, 2.75) is 31.8 Å². The van der Waals surface area contributed by atoms with Gasteiger partial charge in [-0.15, -0.1) is 11.3 Å². The van der Waals surface area contributed by atoms with Gasteiger partial charge in [0, 0.05) is 17.8 Å². The number of amides is 1. The molecule has 7 nitrogen and oxygen atoms in total. The van der Waals surface area contributed by atoms with E-state index >= 15 is 0 Å². The van der Waals surface area contributed by atoms with E-state index in [1.807, 2.05) is 23.6 Å². The molecule has 0 bridgehead atoms. The van der Waals surface area contributed by atoms with E-state index in [1.165, 1.54) is 34.2 Å². The Kier molecular flexibility index (Phi) is 7.18. The molecule has 0 unspecified atom stereocenters. The Morgan fingerprint density at radius 1 is 1.00 bits per heavy atom. The standard InChI is InChI=1S/C27H25FN4O3S/c28-21-5-9-23(10-6-21)35-22-7-3-19(4-8-22)16-26(33)25-15-20(14-24-2-1-13-36-24)17-31(25)27(34)18-32-29-11-12-30-32/h1-13,20,25H,14-18H2/t20-,25+/m1/s1. The van der Waals surface area contributed by atoms with Crippen LogP contribution in [0.5, 0.6) is 11.5 Å².